The van der Waals surface area contributed by atoms with E-state index in [1.165, 1.54) is 32.6 Å². The Morgan fingerprint density at radius 1 is 0.383 bits per heavy atom. The predicted molar refractivity (Wildman–Crippen MR) is 194 cm³/mol. The maximum absolute atomic E-state index is 9.85. The number of rotatable bonds is 3. The molecule has 4 nitrogen and oxygen atoms in total. The number of para-hydroxylation sites is 5. The van der Waals surface area contributed by atoms with Crippen LogP contribution in [-0.2, 0) is 0 Å². The smallest absolute Gasteiger partial charge is 0.0992 e. The Morgan fingerprint density at radius 3 is 1.66 bits per heavy atom. The highest BCUT2D eigenvalue weighted by Gasteiger charge is 2.23. The Balaban J connectivity index is 1.42. The third-order valence-corrected chi connectivity index (χ3v) is 9.64. The number of hydrogen-bond acceptors (Lipinski definition) is 1. The first-order chi connectivity index (χ1) is 23.3. The van der Waals surface area contributed by atoms with Crippen LogP contribution in [0.1, 0.15) is 5.56 Å². The van der Waals surface area contributed by atoms with Gasteiger partial charge in [-0.05, 0) is 60.7 Å². The molecule has 0 radical (unpaired) electrons. The summed E-state index contributed by atoms with van der Waals surface area (Å²) in [7, 11) is 0. The highest BCUT2D eigenvalue weighted by atomic mass is 15.1. The fraction of sp³-hybridized carbons (Fsp3) is 0. The fourth-order valence-corrected chi connectivity index (χ4v) is 7.76. The van der Waals surface area contributed by atoms with E-state index in [1.54, 1.807) is 0 Å². The molecule has 4 heteroatoms. The topological polar surface area (TPSA) is 38.6 Å². The molecular formula is C43H26N4. The van der Waals surface area contributed by atoms with Gasteiger partial charge in [-0.2, -0.15) is 5.26 Å². The lowest BCUT2D eigenvalue weighted by molar-refractivity contribution is 1.13. The van der Waals surface area contributed by atoms with Crippen molar-refractivity contribution in [2.75, 3.05) is 0 Å². The standard InChI is InChI=1S/C43H26N4/c44-27-28-22-23-32-33-18-11-21-39(42(33)46(40(32)26-28)30-14-5-2-6-15-30)47-37-20-10-8-17-35(37)41-38(47)25-24-34-31-16-7-9-19-36(31)45(43(34)41)29-12-3-1-4-13-29/h1-26H. The summed E-state index contributed by atoms with van der Waals surface area (Å²) < 4.78 is 7.18. The lowest BCUT2D eigenvalue weighted by Crippen LogP contribution is -2.00. The SMILES string of the molecule is N#Cc1ccc2c3cccc(-n4c5ccccc5c5c4ccc4c6ccccc6n(-c6ccccc6)c45)c3n(-c3ccccc3)c2c1. The lowest BCUT2D eigenvalue weighted by atomic mass is 10.1. The molecule has 0 amide bonds. The third-order valence-electron chi connectivity index (χ3n) is 9.64. The summed E-state index contributed by atoms with van der Waals surface area (Å²) in [4.78, 5) is 0. The minimum atomic E-state index is 0.645. The van der Waals surface area contributed by atoms with E-state index in [4.69, 9.17) is 0 Å². The van der Waals surface area contributed by atoms with Crippen LogP contribution in [0.25, 0.3) is 82.5 Å². The van der Waals surface area contributed by atoms with Crippen molar-refractivity contribution >= 4 is 65.4 Å². The van der Waals surface area contributed by atoms with Gasteiger partial charge in [-0.25, -0.2) is 0 Å². The summed E-state index contributed by atoms with van der Waals surface area (Å²) in [5.41, 5.74) is 10.8. The average molecular weight is 599 g/mol. The number of hydrogen-bond donors (Lipinski definition) is 0. The summed E-state index contributed by atoms with van der Waals surface area (Å²) in [5, 5.41) is 17.0. The molecule has 0 fully saturated rings. The van der Waals surface area contributed by atoms with Crippen molar-refractivity contribution in [2.45, 2.75) is 0 Å². The molecule has 0 bridgehead atoms. The van der Waals surface area contributed by atoms with Crippen LogP contribution < -0.4 is 0 Å². The minimum absolute atomic E-state index is 0.645. The van der Waals surface area contributed by atoms with E-state index < -0.39 is 0 Å². The van der Waals surface area contributed by atoms with Gasteiger partial charge in [0.05, 0.1) is 50.4 Å². The van der Waals surface area contributed by atoms with Crippen LogP contribution in [0.2, 0.25) is 0 Å². The van der Waals surface area contributed by atoms with Gasteiger partial charge in [-0.15, -0.1) is 0 Å². The molecule has 0 saturated carbocycles. The number of fused-ring (bicyclic) bond motifs is 10. The zero-order valence-electron chi connectivity index (χ0n) is 25.3. The van der Waals surface area contributed by atoms with Crippen molar-refractivity contribution in [3.63, 3.8) is 0 Å². The molecule has 0 N–H and O–H groups in total. The van der Waals surface area contributed by atoms with E-state index in [9.17, 15) is 5.26 Å². The van der Waals surface area contributed by atoms with Crippen LogP contribution >= 0.6 is 0 Å². The summed E-state index contributed by atoms with van der Waals surface area (Å²) >= 11 is 0. The van der Waals surface area contributed by atoms with E-state index in [1.807, 2.05) is 18.2 Å². The van der Waals surface area contributed by atoms with Gasteiger partial charge >= 0.3 is 0 Å². The molecule has 0 aliphatic heterocycles. The lowest BCUT2D eigenvalue weighted by Gasteiger charge is -2.14. The molecule has 0 aliphatic carbocycles. The van der Waals surface area contributed by atoms with Gasteiger partial charge in [0, 0.05) is 43.7 Å². The number of benzene rings is 7. The van der Waals surface area contributed by atoms with E-state index >= 15 is 0 Å². The second-order valence-corrected chi connectivity index (χ2v) is 12.1. The summed E-state index contributed by atoms with van der Waals surface area (Å²) in [6, 6.07) is 58.2. The summed E-state index contributed by atoms with van der Waals surface area (Å²) in [5.74, 6) is 0. The van der Waals surface area contributed by atoms with Gasteiger partial charge in [0.1, 0.15) is 0 Å². The molecule has 0 spiro atoms. The Hall–Kier alpha value is -6.57. The molecule has 10 rings (SSSR count). The molecule has 0 aliphatic rings. The van der Waals surface area contributed by atoms with E-state index in [2.05, 4.69) is 159 Å². The predicted octanol–water partition coefficient (Wildman–Crippen LogP) is 10.8. The second kappa shape index (κ2) is 9.71. The van der Waals surface area contributed by atoms with Gasteiger partial charge in [0.15, 0.2) is 0 Å². The minimum Gasteiger partial charge on any atom is -0.309 e. The average Bonchev–Trinajstić information content (AvgIpc) is 3.77. The maximum atomic E-state index is 9.85. The van der Waals surface area contributed by atoms with Crippen molar-refractivity contribution in [1.82, 2.24) is 13.7 Å². The third kappa shape index (κ3) is 3.51. The van der Waals surface area contributed by atoms with Crippen molar-refractivity contribution < 1.29 is 0 Å². The van der Waals surface area contributed by atoms with Crippen LogP contribution in [0.4, 0.5) is 0 Å². The second-order valence-electron chi connectivity index (χ2n) is 12.1. The van der Waals surface area contributed by atoms with Gasteiger partial charge in [-0.1, -0.05) is 97.1 Å². The van der Waals surface area contributed by atoms with Crippen molar-refractivity contribution in [2.24, 2.45) is 0 Å². The molecule has 0 saturated heterocycles. The Bertz CT molecular complexity index is 2900. The molecule has 0 atom stereocenters. The van der Waals surface area contributed by atoms with Crippen LogP contribution in [0.3, 0.4) is 0 Å². The van der Waals surface area contributed by atoms with Crippen LogP contribution in [-0.4, -0.2) is 13.7 Å². The van der Waals surface area contributed by atoms with Crippen molar-refractivity contribution in [3.05, 3.63) is 163 Å². The molecule has 7 aromatic carbocycles. The largest absolute Gasteiger partial charge is 0.309 e. The monoisotopic (exact) mass is 598 g/mol. The zero-order chi connectivity index (χ0) is 31.1. The van der Waals surface area contributed by atoms with Crippen LogP contribution in [0.5, 0.6) is 0 Å². The first-order valence-electron chi connectivity index (χ1n) is 15.9. The van der Waals surface area contributed by atoms with Gasteiger partial charge in [0.2, 0.25) is 0 Å². The first kappa shape index (κ1) is 25.7. The Kier molecular flexibility index (Phi) is 5.32. The molecule has 218 valence electrons. The fourth-order valence-electron chi connectivity index (χ4n) is 7.76. The molecule has 0 unspecified atom stereocenters. The summed E-state index contributed by atoms with van der Waals surface area (Å²) in [6.07, 6.45) is 0. The normalized spacial score (nSPS) is 11.8. The van der Waals surface area contributed by atoms with Crippen LogP contribution in [0.15, 0.2) is 158 Å². The highest BCUT2D eigenvalue weighted by Crippen LogP contribution is 2.44. The molecule has 3 heterocycles. The highest BCUT2D eigenvalue weighted by molar-refractivity contribution is 6.26. The van der Waals surface area contributed by atoms with E-state index in [0.717, 1.165) is 49.9 Å². The zero-order valence-corrected chi connectivity index (χ0v) is 25.3. The number of aromatic nitrogens is 3. The number of nitrogens with zero attached hydrogens (tertiary/aromatic N) is 4. The Morgan fingerprint density at radius 2 is 0.936 bits per heavy atom. The van der Waals surface area contributed by atoms with E-state index in [0.29, 0.717) is 5.56 Å². The van der Waals surface area contributed by atoms with E-state index in [-0.39, 0.29) is 0 Å². The van der Waals surface area contributed by atoms with Crippen molar-refractivity contribution in [3.8, 4) is 23.1 Å². The molecule has 3 aromatic heterocycles. The van der Waals surface area contributed by atoms with Gasteiger partial charge in [-0.3, -0.25) is 0 Å². The Labute approximate surface area is 270 Å². The molecule has 10 aromatic rings. The van der Waals surface area contributed by atoms with Crippen LogP contribution in [0, 0.1) is 11.3 Å². The first-order valence-corrected chi connectivity index (χ1v) is 15.9. The van der Waals surface area contributed by atoms with Gasteiger partial charge in [0.25, 0.3) is 0 Å². The molecule has 47 heavy (non-hydrogen) atoms. The maximum Gasteiger partial charge on any atom is 0.0992 e. The molecular weight excluding hydrogens is 573 g/mol. The number of nitriles is 1. The van der Waals surface area contributed by atoms with Crippen molar-refractivity contribution in [1.29, 1.82) is 5.26 Å². The summed E-state index contributed by atoms with van der Waals surface area (Å²) in [6.45, 7) is 0. The van der Waals surface area contributed by atoms with Gasteiger partial charge < -0.3 is 13.7 Å². The quantitative estimate of drug-likeness (QED) is 0.199.